The maximum Gasteiger partial charge on any atom is 0.326 e. The molecule has 3 atom stereocenters. The Morgan fingerprint density at radius 1 is 1.14 bits per heavy atom. The van der Waals surface area contributed by atoms with Gasteiger partial charge in [0.15, 0.2) is 0 Å². The highest BCUT2D eigenvalue weighted by atomic mass is 16.5. The normalized spacial score (nSPS) is 23.9. The molecule has 1 aliphatic heterocycles. The highest BCUT2D eigenvalue weighted by Gasteiger charge is 2.47. The third-order valence-corrected chi connectivity index (χ3v) is 5.82. The third-order valence-electron chi connectivity index (χ3n) is 5.82. The molecule has 0 spiro atoms. The molecule has 4 rings (SSSR count). The second-order valence-electron chi connectivity index (χ2n) is 7.57. The van der Waals surface area contributed by atoms with Crippen molar-refractivity contribution >= 4 is 11.9 Å². The Morgan fingerprint density at radius 2 is 1.93 bits per heavy atom. The monoisotopic (exact) mass is 380 g/mol. The van der Waals surface area contributed by atoms with Crippen molar-refractivity contribution in [3.63, 3.8) is 0 Å². The molecule has 1 saturated carbocycles. The number of pyridine rings is 1. The highest BCUT2D eigenvalue weighted by molar-refractivity contribution is 5.97. The number of carbonyl (C=O) groups excluding carboxylic acids is 1. The Hall–Kier alpha value is -2.89. The number of aromatic nitrogens is 1. The molecule has 2 aromatic rings. The quantitative estimate of drug-likeness (QED) is 0.858. The zero-order valence-electron chi connectivity index (χ0n) is 15.7. The highest BCUT2D eigenvalue weighted by Crippen LogP contribution is 2.40. The van der Waals surface area contributed by atoms with E-state index in [4.69, 9.17) is 4.74 Å². The minimum Gasteiger partial charge on any atom is -0.480 e. The van der Waals surface area contributed by atoms with Gasteiger partial charge in [0, 0.05) is 23.9 Å². The lowest BCUT2D eigenvalue weighted by atomic mass is 9.84. The van der Waals surface area contributed by atoms with E-state index in [1.165, 1.54) is 6.20 Å². The number of amides is 1. The van der Waals surface area contributed by atoms with Crippen molar-refractivity contribution in [3.05, 3.63) is 59.8 Å². The second kappa shape index (κ2) is 8.00. The van der Waals surface area contributed by atoms with Gasteiger partial charge in [0.25, 0.3) is 5.91 Å². The largest absolute Gasteiger partial charge is 0.480 e. The van der Waals surface area contributed by atoms with Gasteiger partial charge < -0.3 is 14.7 Å². The molecule has 2 fully saturated rings. The van der Waals surface area contributed by atoms with Crippen LogP contribution >= 0.6 is 0 Å². The van der Waals surface area contributed by atoms with E-state index in [1.54, 1.807) is 17.0 Å². The molecule has 0 bridgehead atoms. The van der Waals surface area contributed by atoms with E-state index in [2.05, 4.69) is 4.98 Å². The van der Waals surface area contributed by atoms with Gasteiger partial charge in [-0.05, 0) is 36.8 Å². The van der Waals surface area contributed by atoms with Crippen LogP contribution in [0.5, 0.6) is 5.88 Å². The van der Waals surface area contributed by atoms with Crippen LogP contribution in [-0.2, 0) is 11.4 Å². The van der Waals surface area contributed by atoms with Gasteiger partial charge in [0.1, 0.15) is 12.6 Å². The van der Waals surface area contributed by atoms with Crippen LogP contribution in [0, 0.1) is 5.92 Å². The van der Waals surface area contributed by atoms with E-state index < -0.39 is 12.0 Å². The summed E-state index contributed by atoms with van der Waals surface area (Å²) < 4.78 is 5.73. The summed E-state index contributed by atoms with van der Waals surface area (Å²) in [5, 5.41) is 9.66. The number of hydrogen-bond donors (Lipinski definition) is 1. The van der Waals surface area contributed by atoms with E-state index in [1.807, 2.05) is 30.3 Å². The molecule has 1 N–H and O–H groups in total. The van der Waals surface area contributed by atoms with E-state index in [9.17, 15) is 14.7 Å². The minimum absolute atomic E-state index is 0.0178. The number of rotatable bonds is 5. The number of aliphatic carboxylic acids is 1. The van der Waals surface area contributed by atoms with Crippen molar-refractivity contribution in [2.24, 2.45) is 5.92 Å². The first kappa shape index (κ1) is 18.5. The fourth-order valence-corrected chi connectivity index (χ4v) is 4.47. The molecule has 1 saturated heterocycles. The van der Waals surface area contributed by atoms with Crippen molar-refractivity contribution in [1.82, 2.24) is 9.88 Å². The van der Waals surface area contributed by atoms with Crippen LogP contribution in [0.15, 0.2) is 48.7 Å². The summed E-state index contributed by atoms with van der Waals surface area (Å²) in [6.07, 6.45) is 6.12. The van der Waals surface area contributed by atoms with Gasteiger partial charge in [-0.15, -0.1) is 0 Å². The molecule has 6 heteroatoms. The van der Waals surface area contributed by atoms with E-state index >= 15 is 0 Å². The van der Waals surface area contributed by atoms with Crippen LogP contribution in [0.1, 0.15) is 48.0 Å². The summed E-state index contributed by atoms with van der Waals surface area (Å²) in [6, 6.07) is 12.2. The fraction of sp³-hybridized carbons (Fsp3) is 0.409. The van der Waals surface area contributed by atoms with Crippen molar-refractivity contribution in [2.45, 2.75) is 50.8 Å². The van der Waals surface area contributed by atoms with Gasteiger partial charge in [0.05, 0.1) is 0 Å². The number of carboxylic acids is 1. The first-order valence-electron chi connectivity index (χ1n) is 9.82. The average Bonchev–Trinajstić information content (AvgIpc) is 3.13. The standard InChI is InChI=1S/C22H24N2O4/c25-21(24-18-9-5-4-8-16(18)12-19(24)22(26)27)17-10-11-23-20(13-17)28-14-15-6-2-1-3-7-15/h1-3,6-7,10-11,13,16,18-19H,4-5,8-9,12,14H2,(H,26,27). The second-order valence-corrected chi connectivity index (χ2v) is 7.57. The number of ether oxygens (including phenoxy) is 1. The van der Waals surface area contributed by atoms with E-state index in [-0.39, 0.29) is 17.9 Å². The summed E-state index contributed by atoms with van der Waals surface area (Å²) in [6.45, 7) is 0.359. The van der Waals surface area contributed by atoms with Crippen LogP contribution in [0.25, 0.3) is 0 Å². The SMILES string of the molecule is O=C(O)C1CC2CCCCC2N1C(=O)c1ccnc(OCc2ccccc2)c1. The topological polar surface area (TPSA) is 79.7 Å². The smallest absolute Gasteiger partial charge is 0.326 e. The number of carbonyl (C=O) groups is 2. The Labute approximate surface area is 164 Å². The summed E-state index contributed by atoms with van der Waals surface area (Å²) in [5.41, 5.74) is 1.44. The molecule has 2 heterocycles. The first-order valence-corrected chi connectivity index (χ1v) is 9.82. The third kappa shape index (κ3) is 3.72. The Balaban J connectivity index is 1.52. The molecule has 28 heavy (non-hydrogen) atoms. The van der Waals surface area contributed by atoms with Gasteiger partial charge >= 0.3 is 5.97 Å². The van der Waals surface area contributed by atoms with Crippen molar-refractivity contribution in [2.75, 3.05) is 0 Å². The van der Waals surface area contributed by atoms with E-state index in [0.29, 0.717) is 24.5 Å². The fourth-order valence-electron chi connectivity index (χ4n) is 4.47. The van der Waals surface area contributed by atoms with Gasteiger partial charge in [-0.3, -0.25) is 4.79 Å². The van der Waals surface area contributed by atoms with Crippen LogP contribution in [-0.4, -0.2) is 39.0 Å². The van der Waals surface area contributed by atoms with Crippen molar-refractivity contribution < 1.29 is 19.4 Å². The van der Waals surface area contributed by atoms with Crippen molar-refractivity contribution in [1.29, 1.82) is 0 Å². The van der Waals surface area contributed by atoms with E-state index in [0.717, 1.165) is 31.2 Å². The number of nitrogens with zero attached hydrogens (tertiary/aromatic N) is 2. The van der Waals surface area contributed by atoms with Gasteiger partial charge in [-0.25, -0.2) is 9.78 Å². The molecule has 1 amide bonds. The zero-order chi connectivity index (χ0) is 19.5. The number of benzene rings is 1. The van der Waals surface area contributed by atoms with Crippen LogP contribution in [0.2, 0.25) is 0 Å². The lowest BCUT2D eigenvalue weighted by molar-refractivity contribution is -0.141. The summed E-state index contributed by atoms with van der Waals surface area (Å²) in [7, 11) is 0. The lowest BCUT2D eigenvalue weighted by Crippen LogP contribution is -2.46. The molecule has 1 aromatic carbocycles. The number of fused-ring (bicyclic) bond motifs is 1. The average molecular weight is 380 g/mol. The molecule has 0 radical (unpaired) electrons. The lowest BCUT2D eigenvalue weighted by Gasteiger charge is -2.33. The molecule has 3 unspecified atom stereocenters. The first-order chi connectivity index (χ1) is 13.6. The maximum absolute atomic E-state index is 13.2. The predicted molar refractivity (Wildman–Crippen MR) is 103 cm³/mol. The summed E-state index contributed by atoms with van der Waals surface area (Å²) >= 11 is 0. The van der Waals surface area contributed by atoms with Crippen molar-refractivity contribution in [3.8, 4) is 5.88 Å². The number of hydrogen-bond acceptors (Lipinski definition) is 4. The number of carboxylic acid groups (broad SMARTS) is 1. The summed E-state index contributed by atoms with van der Waals surface area (Å²) in [4.78, 5) is 30.8. The van der Waals surface area contributed by atoms with Gasteiger partial charge in [0.2, 0.25) is 5.88 Å². The molecule has 1 aliphatic carbocycles. The maximum atomic E-state index is 13.2. The molecular weight excluding hydrogens is 356 g/mol. The Morgan fingerprint density at radius 3 is 2.71 bits per heavy atom. The Kier molecular flexibility index (Phi) is 5.28. The van der Waals surface area contributed by atoms with Crippen LogP contribution in [0.3, 0.4) is 0 Å². The predicted octanol–water partition coefficient (Wildman–Crippen LogP) is 3.52. The molecule has 146 valence electrons. The summed E-state index contributed by atoms with van der Waals surface area (Å²) in [5.74, 6) is -0.512. The minimum atomic E-state index is -0.919. The zero-order valence-corrected chi connectivity index (χ0v) is 15.7. The van der Waals surface area contributed by atoms with Crippen LogP contribution < -0.4 is 4.74 Å². The molecule has 2 aliphatic rings. The molecule has 6 nitrogen and oxygen atoms in total. The van der Waals surface area contributed by atoms with Gasteiger partial charge in [-0.1, -0.05) is 43.2 Å². The Bertz CT molecular complexity index is 855. The molecular formula is C22H24N2O4. The van der Waals surface area contributed by atoms with Gasteiger partial charge in [-0.2, -0.15) is 0 Å². The van der Waals surface area contributed by atoms with Crippen LogP contribution in [0.4, 0.5) is 0 Å². The molecule has 1 aromatic heterocycles. The number of likely N-dealkylation sites (tertiary alicyclic amines) is 1.